The zero-order chi connectivity index (χ0) is 19.9. The number of aromatic nitrogens is 2. The Kier molecular flexibility index (Phi) is 6.34. The summed E-state index contributed by atoms with van der Waals surface area (Å²) in [6.07, 6.45) is 4.80. The molecule has 3 rings (SSSR count). The molecule has 0 saturated carbocycles. The summed E-state index contributed by atoms with van der Waals surface area (Å²) in [5, 5.41) is 7.69. The second-order valence-electron chi connectivity index (χ2n) is 6.38. The quantitative estimate of drug-likeness (QED) is 0.362. The highest BCUT2D eigenvalue weighted by Crippen LogP contribution is 2.29. The van der Waals surface area contributed by atoms with Crippen LogP contribution in [0, 0.1) is 5.41 Å². The topological polar surface area (TPSA) is 94.1 Å². The van der Waals surface area contributed by atoms with Gasteiger partial charge >= 0.3 is 0 Å². The minimum Gasteiger partial charge on any atom is -0.479 e. The lowest BCUT2D eigenvalue weighted by atomic mass is 10.1. The van der Waals surface area contributed by atoms with E-state index in [-0.39, 0.29) is 5.90 Å². The Morgan fingerprint density at radius 3 is 2.61 bits per heavy atom. The highest BCUT2D eigenvalue weighted by atomic mass is 16.5. The molecule has 144 valence electrons. The van der Waals surface area contributed by atoms with Gasteiger partial charge in [-0.1, -0.05) is 42.5 Å². The molecule has 0 aliphatic carbocycles. The molecule has 0 aliphatic heterocycles. The molecule has 6 nitrogen and oxygen atoms in total. The van der Waals surface area contributed by atoms with E-state index in [4.69, 9.17) is 25.6 Å². The lowest BCUT2D eigenvalue weighted by molar-refractivity contribution is 0.207. The molecule has 1 aromatic heterocycles. The first-order chi connectivity index (χ1) is 13.6. The standard InChI is InChI=1S/C22H24N4O2/c1-15(23)28-20(24)13-6-3-8-16-9-7-10-17(14-16)21-22(27-2)26-19-12-5-4-11-18(19)25-21/h3-5,7-12,14-15,24H,6,13,23H2,1-2H3/b8-3+,24-20?. The van der Waals surface area contributed by atoms with Crippen molar-refractivity contribution < 1.29 is 9.47 Å². The zero-order valence-electron chi connectivity index (χ0n) is 16.1. The van der Waals surface area contributed by atoms with Crippen LogP contribution in [0.5, 0.6) is 5.88 Å². The number of ether oxygens (including phenoxy) is 2. The minimum atomic E-state index is -0.453. The third-order valence-electron chi connectivity index (χ3n) is 4.07. The third kappa shape index (κ3) is 4.92. The van der Waals surface area contributed by atoms with E-state index in [9.17, 15) is 0 Å². The number of fused-ring (bicyclic) bond motifs is 1. The van der Waals surface area contributed by atoms with Crippen LogP contribution in [0.1, 0.15) is 25.3 Å². The molecule has 0 spiro atoms. The lowest BCUT2D eigenvalue weighted by Gasteiger charge is -2.09. The van der Waals surface area contributed by atoms with Gasteiger partial charge in [0.15, 0.2) is 5.90 Å². The average Bonchev–Trinajstić information content (AvgIpc) is 2.70. The summed E-state index contributed by atoms with van der Waals surface area (Å²) in [6.45, 7) is 1.71. The van der Waals surface area contributed by atoms with Crippen LogP contribution in [-0.4, -0.2) is 29.2 Å². The van der Waals surface area contributed by atoms with Crippen molar-refractivity contribution in [2.45, 2.75) is 26.0 Å². The molecule has 0 aliphatic rings. The molecule has 1 unspecified atom stereocenters. The first-order valence-corrected chi connectivity index (χ1v) is 9.14. The molecular formula is C22H24N4O2. The Morgan fingerprint density at radius 2 is 1.89 bits per heavy atom. The number of allylic oxidation sites excluding steroid dienone is 1. The fourth-order valence-corrected chi connectivity index (χ4v) is 2.82. The number of hydrogen-bond acceptors (Lipinski definition) is 6. The normalized spacial score (nSPS) is 12.2. The van der Waals surface area contributed by atoms with Crippen LogP contribution in [0.25, 0.3) is 28.4 Å². The number of nitrogens with zero attached hydrogens (tertiary/aromatic N) is 2. The van der Waals surface area contributed by atoms with Gasteiger partial charge in [0.1, 0.15) is 11.9 Å². The number of rotatable bonds is 7. The van der Waals surface area contributed by atoms with Gasteiger partial charge in [-0.3, -0.25) is 11.1 Å². The molecule has 0 saturated heterocycles. The maximum atomic E-state index is 7.69. The Balaban J connectivity index is 1.79. The fourth-order valence-electron chi connectivity index (χ4n) is 2.82. The smallest absolute Gasteiger partial charge is 0.240 e. The van der Waals surface area contributed by atoms with Crippen LogP contribution in [0.3, 0.4) is 0 Å². The maximum absolute atomic E-state index is 7.69. The minimum absolute atomic E-state index is 0.199. The molecule has 3 N–H and O–H groups in total. The second-order valence-corrected chi connectivity index (χ2v) is 6.38. The highest BCUT2D eigenvalue weighted by Gasteiger charge is 2.11. The van der Waals surface area contributed by atoms with Crippen molar-refractivity contribution in [2.75, 3.05) is 7.11 Å². The summed E-state index contributed by atoms with van der Waals surface area (Å²) in [5.41, 5.74) is 9.83. The number of methoxy groups -OCH3 is 1. The van der Waals surface area contributed by atoms with Crippen LogP contribution in [0.15, 0.2) is 54.6 Å². The van der Waals surface area contributed by atoms with Crippen LogP contribution < -0.4 is 10.5 Å². The van der Waals surface area contributed by atoms with Crippen molar-refractivity contribution in [3.8, 4) is 17.1 Å². The summed E-state index contributed by atoms with van der Waals surface area (Å²) in [6, 6.07) is 15.8. The first-order valence-electron chi connectivity index (χ1n) is 9.14. The van der Waals surface area contributed by atoms with E-state index in [0.717, 1.165) is 22.2 Å². The molecule has 0 amide bonds. The van der Waals surface area contributed by atoms with Gasteiger partial charge in [-0.25, -0.2) is 9.97 Å². The molecule has 6 heteroatoms. The molecule has 2 aromatic carbocycles. The van der Waals surface area contributed by atoms with Crippen LogP contribution >= 0.6 is 0 Å². The van der Waals surface area contributed by atoms with Gasteiger partial charge in [0.2, 0.25) is 5.88 Å². The summed E-state index contributed by atoms with van der Waals surface area (Å²) < 4.78 is 10.6. The summed E-state index contributed by atoms with van der Waals surface area (Å²) in [5.74, 6) is 0.700. The third-order valence-corrected chi connectivity index (χ3v) is 4.07. The van der Waals surface area contributed by atoms with E-state index in [1.807, 2.05) is 60.7 Å². The van der Waals surface area contributed by atoms with Gasteiger partial charge in [-0.15, -0.1) is 0 Å². The lowest BCUT2D eigenvalue weighted by Crippen LogP contribution is -2.22. The second kappa shape index (κ2) is 9.10. The van der Waals surface area contributed by atoms with Crippen LogP contribution in [-0.2, 0) is 4.74 Å². The maximum Gasteiger partial charge on any atom is 0.240 e. The summed E-state index contributed by atoms with van der Waals surface area (Å²) in [7, 11) is 1.60. The predicted octanol–water partition coefficient (Wildman–Crippen LogP) is 4.40. The van der Waals surface area contributed by atoms with E-state index in [1.54, 1.807) is 14.0 Å². The van der Waals surface area contributed by atoms with Crippen molar-refractivity contribution >= 4 is 23.0 Å². The number of benzene rings is 2. The zero-order valence-corrected chi connectivity index (χ0v) is 16.1. The summed E-state index contributed by atoms with van der Waals surface area (Å²) in [4.78, 5) is 9.30. The predicted molar refractivity (Wildman–Crippen MR) is 112 cm³/mol. The van der Waals surface area contributed by atoms with Crippen LogP contribution in [0.4, 0.5) is 0 Å². The number of hydrogen-bond donors (Lipinski definition) is 2. The van der Waals surface area contributed by atoms with E-state index in [1.165, 1.54) is 0 Å². The van der Waals surface area contributed by atoms with E-state index in [2.05, 4.69) is 4.98 Å². The van der Waals surface area contributed by atoms with Gasteiger partial charge in [-0.05, 0) is 37.1 Å². The summed E-state index contributed by atoms with van der Waals surface area (Å²) >= 11 is 0. The van der Waals surface area contributed by atoms with Crippen LogP contribution in [0.2, 0.25) is 0 Å². The monoisotopic (exact) mass is 376 g/mol. The molecule has 0 bridgehead atoms. The highest BCUT2D eigenvalue weighted by molar-refractivity contribution is 5.80. The molecule has 28 heavy (non-hydrogen) atoms. The number of nitrogens with two attached hydrogens (primary N) is 1. The number of para-hydroxylation sites is 2. The SMILES string of the molecule is COc1nc2ccccc2nc1-c1cccc(/C=C/CCC(=N)OC(C)N)c1. The fraction of sp³-hybridized carbons (Fsp3) is 0.227. The van der Waals surface area contributed by atoms with Crippen molar-refractivity contribution in [2.24, 2.45) is 5.73 Å². The van der Waals surface area contributed by atoms with E-state index < -0.39 is 6.23 Å². The molecular weight excluding hydrogens is 352 g/mol. The van der Waals surface area contributed by atoms with Gasteiger partial charge in [0.25, 0.3) is 0 Å². The molecule has 0 radical (unpaired) electrons. The average molecular weight is 376 g/mol. The number of nitrogens with one attached hydrogen (secondary N) is 1. The molecule has 1 heterocycles. The van der Waals surface area contributed by atoms with Gasteiger partial charge in [0.05, 0.1) is 18.1 Å². The Morgan fingerprint density at radius 1 is 1.14 bits per heavy atom. The van der Waals surface area contributed by atoms with Crippen molar-refractivity contribution in [1.82, 2.24) is 9.97 Å². The van der Waals surface area contributed by atoms with E-state index in [0.29, 0.717) is 24.4 Å². The van der Waals surface area contributed by atoms with Gasteiger partial charge in [0, 0.05) is 12.0 Å². The molecule has 3 aromatic rings. The van der Waals surface area contributed by atoms with Crippen molar-refractivity contribution in [3.63, 3.8) is 0 Å². The molecule has 0 fully saturated rings. The largest absolute Gasteiger partial charge is 0.479 e. The van der Waals surface area contributed by atoms with Gasteiger partial charge in [-0.2, -0.15) is 0 Å². The Bertz CT molecular complexity index is 999. The molecule has 1 atom stereocenters. The van der Waals surface area contributed by atoms with Gasteiger partial charge < -0.3 is 9.47 Å². The van der Waals surface area contributed by atoms with E-state index >= 15 is 0 Å². The Labute approximate surface area is 164 Å². The Hall–Kier alpha value is -3.25. The van der Waals surface area contributed by atoms with Crippen molar-refractivity contribution in [1.29, 1.82) is 5.41 Å². The first kappa shape index (κ1) is 19.5. The van der Waals surface area contributed by atoms with Crippen molar-refractivity contribution in [3.05, 3.63) is 60.2 Å².